The van der Waals surface area contributed by atoms with Gasteiger partial charge in [-0.05, 0) is 12.8 Å². The molecule has 0 amide bonds. The first kappa shape index (κ1) is 12.0. The second-order valence-corrected chi connectivity index (χ2v) is 4.60. The van der Waals surface area contributed by atoms with Gasteiger partial charge >= 0.3 is 0 Å². The second-order valence-electron chi connectivity index (χ2n) is 4.60. The van der Waals surface area contributed by atoms with Crippen LogP contribution >= 0.6 is 0 Å². The molecule has 1 N–H and O–H groups in total. The third-order valence-electron chi connectivity index (χ3n) is 3.12. The maximum absolute atomic E-state index is 5.13. The fourth-order valence-electron chi connectivity index (χ4n) is 1.91. The summed E-state index contributed by atoms with van der Waals surface area (Å²) in [6.07, 6.45) is 0. The van der Waals surface area contributed by atoms with Crippen LogP contribution in [0.5, 0.6) is 0 Å². The minimum atomic E-state index is 0.639. The summed E-state index contributed by atoms with van der Waals surface area (Å²) in [6.45, 7) is 11.0. The zero-order valence-corrected chi connectivity index (χ0v) is 9.92. The van der Waals surface area contributed by atoms with Gasteiger partial charge < -0.3 is 10.1 Å². The van der Waals surface area contributed by atoms with Gasteiger partial charge in [0.25, 0.3) is 0 Å². The molecule has 0 aliphatic carbocycles. The summed E-state index contributed by atoms with van der Waals surface area (Å²) in [4.78, 5) is 2.52. The minimum Gasteiger partial charge on any atom is -0.383 e. The Morgan fingerprint density at radius 2 is 2.21 bits per heavy atom. The largest absolute Gasteiger partial charge is 0.383 e. The van der Waals surface area contributed by atoms with Crippen LogP contribution in [0.3, 0.4) is 0 Å². The normalized spacial score (nSPS) is 29.8. The Hall–Kier alpha value is -0.120. The molecule has 84 valence electrons. The molecule has 2 unspecified atom stereocenters. The molecule has 0 bridgehead atoms. The van der Waals surface area contributed by atoms with Gasteiger partial charge in [0.1, 0.15) is 0 Å². The van der Waals surface area contributed by atoms with Crippen molar-refractivity contribution in [3.05, 3.63) is 0 Å². The van der Waals surface area contributed by atoms with Crippen LogP contribution in [0, 0.1) is 5.92 Å². The number of piperazine rings is 1. The summed E-state index contributed by atoms with van der Waals surface area (Å²) in [5.74, 6) is 0.715. The lowest BCUT2D eigenvalue weighted by atomic mass is 10.00. The fraction of sp³-hybridized carbons (Fsp3) is 1.00. The van der Waals surface area contributed by atoms with Crippen molar-refractivity contribution in [3.8, 4) is 0 Å². The summed E-state index contributed by atoms with van der Waals surface area (Å²) >= 11 is 0. The van der Waals surface area contributed by atoms with Gasteiger partial charge in [0, 0.05) is 38.8 Å². The third kappa shape index (κ3) is 3.23. The molecule has 1 aliphatic heterocycles. The van der Waals surface area contributed by atoms with Crippen LogP contribution in [0.4, 0.5) is 0 Å². The first-order chi connectivity index (χ1) is 6.65. The number of hydrogen-bond acceptors (Lipinski definition) is 3. The van der Waals surface area contributed by atoms with Crippen molar-refractivity contribution in [3.63, 3.8) is 0 Å². The molecule has 0 spiro atoms. The second kappa shape index (κ2) is 5.69. The molecule has 1 fully saturated rings. The van der Waals surface area contributed by atoms with E-state index in [1.54, 1.807) is 7.11 Å². The van der Waals surface area contributed by atoms with Gasteiger partial charge in [0.15, 0.2) is 0 Å². The van der Waals surface area contributed by atoms with Crippen LogP contribution in [0.25, 0.3) is 0 Å². The van der Waals surface area contributed by atoms with Gasteiger partial charge in [-0.15, -0.1) is 0 Å². The van der Waals surface area contributed by atoms with Gasteiger partial charge in [0.05, 0.1) is 6.61 Å². The summed E-state index contributed by atoms with van der Waals surface area (Å²) < 4.78 is 5.13. The summed E-state index contributed by atoms with van der Waals surface area (Å²) in [7, 11) is 1.77. The van der Waals surface area contributed by atoms with Crippen molar-refractivity contribution < 1.29 is 4.74 Å². The lowest BCUT2D eigenvalue weighted by Crippen LogP contribution is -2.57. The van der Waals surface area contributed by atoms with Gasteiger partial charge in [0.2, 0.25) is 0 Å². The van der Waals surface area contributed by atoms with Gasteiger partial charge in [-0.1, -0.05) is 13.8 Å². The highest BCUT2D eigenvalue weighted by molar-refractivity contribution is 4.85. The Morgan fingerprint density at radius 3 is 2.79 bits per heavy atom. The molecule has 0 aromatic heterocycles. The Morgan fingerprint density at radius 1 is 1.50 bits per heavy atom. The van der Waals surface area contributed by atoms with E-state index in [-0.39, 0.29) is 0 Å². The topological polar surface area (TPSA) is 24.5 Å². The van der Waals surface area contributed by atoms with E-state index in [1.807, 2.05) is 0 Å². The molecule has 1 aliphatic rings. The standard InChI is InChI=1S/C11H24N2O/c1-9(2)11-8-13(5-6-14-4)10(3)7-12-11/h9-12H,5-8H2,1-4H3. The van der Waals surface area contributed by atoms with Crippen LogP contribution in [0.2, 0.25) is 0 Å². The van der Waals surface area contributed by atoms with Crippen molar-refractivity contribution in [1.82, 2.24) is 10.2 Å². The quantitative estimate of drug-likeness (QED) is 0.731. The van der Waals surface area contributed by atoms with E-state index in [1.165, 1.54) is 0 Å². The van der Waals surface area contributed by atoms with E-state index < -0.39 is 0 Å². The first-order valence-corrected chi connectivity index (χ1v) is 5.61. The van der Waals surface area contributed by atoms with E-state index in [0.717, 1.165) is 26.2 Å². The minimum absolute atomic E-state index is 0.639. The van der Waals surface area contributed by atoms with Crippen molar-refractivity contribution >= 4 is 0 Å². The molecule has 0 radical (unpaired) electrons. The van der Waals surface area contributed by atoms with Gasteiger partial charge in [-0.25, -0.2) is 0 Å². The third-order valence-corrected chi connectivity index (χ3v) is 3.12. The molecule has 2 atom stereocenters. The molecular formula is C11H24N2O. The number of nitrogens with zero attached hydrogens (tertiary/aromatic N) is 1. The molecule has 0 saturated carbocycles. The summed E-state index contributed by atoms with van der Waals surface area (Å²) in [6, 6.07) is 1.28. The Balaban J connectivity index is 2.38. The average Bonchev–Trinajstić information content (AvgIpc) is 2.16. The van der Waals surface area contributed by atoms with E-state index in [9.17, 15) is 0 Å². The SMILES string of the molecule is COCCN1CC(C(C)C)NCC1C. The van der Waals surface area contributed by atoms with Gasteiger partial charge in [-0.2, -0.15) is 0 Å². The molecule has 3 nitrogen and oxygen atoms in total. The van der Waals surface area contributed by atoms with Crippen molar-refractivity contribution in [2.45, 2.75) is 32.9 Å². The lowest BCUT2D eigenvalue weighted by molar-refractivity contribution is 0.0839. The summed E-state index contributed by atoms with van der Waals surface area (Å²) in [5, 5.41) is 3.59. The molecule has 1 heterocycles. The molecule has 1 saturated heterocycles. The number of hydrogen-bond donors (Lipinski definition) is 1. The van der Waals surface area contributed by atoms with E-state index in [2.05, 4.69) is 31.0 Å². The van der Waals surface area contributed by atoms with Crippen molar-refractivity contribution in [1.29, 1.82) is 0 Å². The fourth-order valence-corrected chi connectivity index (χ4v) is 1.91. The Kier molecular flexibility index (Phi) is 4.85. The number of methoxy groups -OCH3 is 1. The maximum atomic E-state index is 5.13. The molecular weight excluding hydrogens is 176 g/mol. The molecule has 1 rings (SSSR count). The highest BCUT2D eigenvalue weighted by Crippen LogP contribution is 2.11. The number of rotatable bonds is 4. The smallest absolute Gasteiger partial charge is 0.0589 e. The zero-order chi connectivity index (χ0) is 10.6. The first-order valence-electron chi connectivity index (χ1n) is 5.61. The molecule has 3 heteroatoms. The zero-order valence-electron chi connectivity index (χ0n) is 9.92. The predicted octanol–water partition coefficient (Wildman–Crippen LogP) is 0.951. The molecule has 0 aromatic rings. The highest BCUT2D eigenvalue weighted by atomic mass is 16.5. The monoisotopic (exact) mass is 200 g/mol. The van der Waals surface area contributed by atoms with Crippen LogP contribution in [0.15, 0.2) is 0 Å². The van der Waals surface area contributed by atoms with Crippen molar-refractivity contribution in [2.75, 3.05) is 33.4 Å². The summed E-state index contributed by atoms with van der Waals surface area (Å²) in [5.41, 5.74) is 0. The van der Waals surface area contributed by atoms with Crippen molar-refractivity contribution in [2.24, 2.45) is 5.92 Å². The highest BCUT2D eigenvalue weighted by Gasteiger charge is 2.25. The predicted molar refractivity (Wildman–Crippen MR) is 59.5 cm³/mol. The van der Waals surface area contributed by atoms with E-state index in [0.29, 0.717) is 18.0 Å². The van der Waals surface area contributed by atoms with Crippen LogP contribution < -0.4 is 5.32 Å². The number of nitrogens with one attached hydrogen (secondary N) is 1. The molecule has 14 heavy (non-hydrogen) atoms. The molecule has 0 aromatic carbocycles. The Labute approximate surface area is 87.8 Å². The lowest BCUT2D eigenvalue weighted by Gasteiger charge is -2.40. The Bertz CT molecular complexity index is 161. The number of ether oxygens (including phenoxy) is 1. The van der Waals surface area contributed by atoms with Crippen LogP contribution in [-0.4, -0.2) is 50.3 Å². The van der Waals surface area contributed by atoms with E-state index in [4.69, 9.17) is 4.74 Å². The van der Waals surface area contributed by atoms with Gasteiger partial charge in [-0.3, -0.25) is 4.90 Å². The average molecular weight is 200 g/mol. The van der Waals surface area contributed by atoms with E-state index >= 15 is 0 Å². The van der Waals surface area contributed by atoms with Crippen LogP contribution in [0.1, 0.15) is 20.8 Å². The maximum Gasteiger partial charge on any atom is 0.0589 e. The van der Waals surface area contributed by atoms with Crippen LogP contribution in [-0.2, 0) is 4.74 Å².